The van der Waals surface area contributed by atoms with Crippen molar-refractivity contribution in [3.8, 4) is 11.5 Å². The SMILES string of the molecule is CCCOc1ccccc1C(=O)Nc1cccc(OCc2ccccc2)c1. The number of carbonyl (C=O) groups excluding carboxylic acids is 1. The fourth-order valence-electron chi connectivity index (χ4n) is 2.60. The number of amides is 1. The second-order valence-electron chi connectivity index (χ2n) is 6.10. The first-order valence-corrected chi connectivity index (χ1v) is 9.06. The van der Waals surface area contributed by atoms with Gasteiger partial charge in [-0.2, -0.15) is 0 Å². The zero-order chi connectivity index (χ0) is 18.9. The lowest BCUT2D eigenvalue weighted by atomic mass is 10.2. The Labute approximate surface area is 159 Å². The average Bonchev–Trinajstić information content (AvgIpc) is 2.72. The molecule has 4 nitrogen and oxygen atoms in total. The van der Waals surface area contributed by atoms with Gasteiger partial charge in [0.25, 0.3) is 5.91 Å². The van der Waals surface area contributed by atoms with Gasteiger partial charge in [-0.15, -0.1) is 0 Å². The Morgan fingerprint density at radius 2 is 1.67 bits per heavy atom. The minimum atomic E-state index is -0.207. The number of hydrogen-bond donors (Lipinski definition) is 1. The first kappa shape index (κ1) is 18.5. The van der Waals surface area contributed by atoms with Gasteiger partial charge in [0.15, 0.2) is 0 Å². The normalized spacial score (nSPS) is 10.3. The van der Waals surface area contributed by atoms with E-state index in [0.717, 1.165) is 12.0 Å². The lowest BCUT2D eigenvalue weighted by molar-refractivity contribution is 0.102. The van der Waals surface area contributed by atoms with E-state index in [9.17, 15) is 4.79 Å². The maximum atomic E-state index is 12.7. The molecule has 0 aliphatic carbocycles. The molecular formula is C23H23NO3. The number of para-hydroxylation sites is 1. The van der Waals surface area contributed by atoms with Gasteiger partial charge in [-0.25, -0.2) is 0 Å². The molecule has 1 amide bonds. The molecule has 4 heteroatoms. The van der Waals surface area contributed by atoms with Crippen molar-refractivity contribution in [3.05, 3.63) is 90.0 Å². The van der Waals surface area contributed by atoms with Crippen LogP contribution in [0.25, 0.3) is 0 Å². The zero-order valence-corrected chi connectivity index (χ0v) is 15.4. The van der Waals surface area contributed by atoms with E-state index in [4.69, 9.17) is 9.47 Å². The standard InChI is InChI=1S/C23H23NO3/c1-2-15-26-22-14-7-6-13-21(22)23(25)24-19-11-8-12-20(16-19)27-17-18-9-4-3-5-10-18/h3-14,16H,2,15,17H2,1H3,(H,24,25). The maximum Gasteiger partial charge on any atom is 0.259 e. The van der Waals surface area contributed by atoms with Gasteiger partial charge in [-0.05, 0) is 36.2 Å². The molecule has 0 unspecified atom stereocenters. The number of ether oxygens (including phenoxy) is 2. The highest BCUT2D eigenvalue weighted by Gasteiger charge is 2.12. The van der Waals surface area contributed by atoms with Crippen LogP contribution in [-0.4, -0.2) is 12.5 Å². The Morgan fingerprint density at radius 3 is 2.48 bits per heavy atom. The van der Waals surface area contributed by atoms with Gasteiger partial charge in [0.2, 0.25) is 0 Å². The largest absolute Gasteiger partial charge is 0.493 e. The molecule has 0 saturated heterocycles. The Kier molecular flexibility index (Phi) is 6.47. The summed E-state index contributed by atoms with van der Waals surface area (Å²) in [6.45, 7) is 3.09. The summed E-state index contributed by atoms with van der Waals surface area (Å²) >= 11 is 0. The van der Waals surface area contributed by atoms with Crippen molar-refractivity contribution >= 4 is 11.6 Å². The number of benzene rings is 3. The van der Waals surface area contributed by atoms with Gasteiger partial charge in [0.1, 0.15) is 18.1 Å². The molecule has 3 aromatic carbocycles. The van der Waals surface area contributed by atoms with Crippen LogP contribution in [-0.2, 0) is 6.61 Å². The Morgan fingerprint density at radius 1 is 0.889 bits per heavy atom. The van der Waals surface area contributed by atoms with E-state index in [1.807, 2.05) is 79.7 Å². The van der Waals surface area contributed by atoms with Crippen LogP contribution in [0.2, 0.25) is 0 Å². The van der Waals surface area contributed by atoms with Crippen molar-refractivity contribution < 1.29 is 14.3 Å². The molecule has 0 fully saturated rings. The first-order chi connectivity index (χ1) is 13.3. The Hall–Kier alpha value is -3.27. The minimum absolute atomic E-state index is 0.207. The van der Waals surface area contributed by atoms with Crippen molar-refractivity contribution in [3.63, 3.8) is 0 Å². The van der Waals surface area contributed by atoms with E-state index in [1.54, 1.807) is 6.07 Å². The molecule has 0 radical (unpaired) electrons. The molecule has 0 atom stereocenters. The topological polar surface area (TPSA) is 47.6 Å². The second kappa shape index (κ2) is 9.43. The van der Waals surface area contributed by atoms with Crippen LogP contribution in [0.4, 0.5) is 5.69 Å². The highest BCUT2D eigenvalue weighted by molar-refractivity contribution is 6.06. The van der Waals surface area contributed by atoms with Crippen molar-refractivity contribution in [1.82, 2.24) is 0 Å². The third-order valence-electron chi connectivity index (χ3n) is 3.93. The molecule has 3 aromatic rings. The monoisotopic (exact) mass is 361 g/mol. The molecule has 0 spiro atoms. The summed E-state index contributed by atoms with van der Waals surface area (Å²) in [7, 11) is 0. The highest BCUT2D eigenvalue weighted by Crippen LogP contribution is 2.22. The number of carbonyl (C=O) groups is 1. The van der Waals surface area contributed by atoms with E-state index in [0.29, 0.717) is 36.0 Å². The van der Waals surface area contributed by atoms with Crippen LogP contribution in [0.1, 0.15) is 29.3 Å². The van der Waals surface area contributed by atoms with E-state index in [1.165, 1.54) is 0 Å². The molecule has 0 aromatic heterocycles. The summed E-state index contributed by atoms with van der Waals surface area (Å²) in [5, 5.41) is 2.91. The number of nitrogens with one attached hydrogen (secondary N) is 1. The maximum absolute atomic E-state index is 12.7. The molecule has 3 rings (SSSR count). The predicted molar refractivity (Wildman–Crippen MR) is 107 cm³/mol. The summed E-state index contributed by atoms with van der Waals surface area (Å²) in [6, 6.07) is 24.6. The van der Waals surface area contributed by atoms with E-state index in [-0.39, 0.29) is 5.91 Å². The molecule has 0 saturated carbocycles. The lowest BCUT2D eigenvalue weighted by Gasteiger charge is -2.12. The molecule has 0 bridgehead atoms. The van der Waals surface area contributed by atoms with Crippen LogP contribution in [0.3, 0.4) is 0 Å². The van der Waals surface area contributed by atoms with Crippen LogP contribution < -0.4 is 14.8 Å². The molecular weight excluding hydrogens is 338 g/mol. The molecule has 0 aliphatic heterocycles. The summed E-state index contributed by atoms with van der Waals surface area (Å²) in [6.07, 6.45) is 0.886. The van der Waals surface area contributed by atoms with Gasteiger partial charge >= 0.3 is 0 Å². The first-order valence-electron chi connectivity index (χ1n) is 9.06. The summed E-state index contributed by atoms with van der Waals surface area (Å²) in [5.74, 6) is 1.09. The van der Waals surface area contributed by atoms with Gasteiger partial charge in [-0.1, -0.05) is 55.5 Å². The van der Waals surface area contributed by atoms with E-state index < -0.39 is 0 Å². The average molecular weight is 361 g/mol. The minimum Gasteiger partial charge on any atom is -0.493 e. The molecule has 138 valence electrons. The predicted octanol–water partition coefficient (Wildman–Crippen LogP) is 5.31. The Balaban J connectivity index is 1.66. The zero-order valence-electron chi connectivity index (χ0n) is 15.4. The van der Waals surface area contributed by atoms with Crippen molar-refractivity contribution in [2.75, 3.05) is 11.9 Å². The lowest BCUT2D eigenvalue weighted by Crippen LogP contribution is -2.14. The summed E-state index contributed by atoms with van der Waals surface area (Å²) in [5.41, 5.74) is 2.28. The van der Waals surface area contributed by atoms with Gasteiger partial charge in [0, 0.05) is 11.8 Å². The summed E-state index contributed by atoms with van der Waals surface area (Å²) < 4.78 is 11.5. The Bertz CT molecular complexity index is 878. The van der Waals surface area contributed by atoms with Crippen molar-refractivity contribution in [1.29, 1.82) is 0 Å². The van der Waals surface area contributed by atoms with E-state index in [2.05, 4.69) is 5.32 Å². The van der Waals surface area contributed by atoms with Crippen molar-refractivity contribution in [2.24, 2.45) is 0 Å². The van der Waals surface area contributed by atoms with Gasteiger partial charge in [0.05, 0.1) is 12.2 Å². The fraction of sp³-hybridized carbons (Fsp3) is 0.174. The third kappa shape index (κ3) is 5.35. The van der Waals surface area contributed by atoms with Crippen molar-refractivity contribution in [2.45, 2.75) is 20.0 Å². The van der Waals surface area contributed by atoms with Gasteiger partial charge < -0.3 is 14.8 Å². The van der Waals surface area contributed by atoms with Gasteiger partial charge in [-0.3, -0.25) is 4.79 Å². The smallest absolute Gasteiger partial charge is 0.259 e. The highest BCUT2D eigenvalue weighted by atomic mass is 16.5. The fourth-order valence-corrected chi connectivity index (χ4v) is 2.60. The third-order valence-corrected chi connectivity index (χ3v) is 3.93. The number of rotatable bonds is 8. The van der Waals surface area contributed by atoms with Crippen LogP contribution >= 0.6 is 0 Å². The molecule has 1 N–H and O–H groups in total. The number of anilines is 1. The second-order valence-corrected chi connectivity index (χ2v) is 6.10. The molecule has 0 heterocycles. The van der Waals surface area contributed by atoms with Crippen LogP contribution in [0.15, 0.2) is 78.9 Å². The molecule has 0 aliphatic rings. The van der Waals surface area contributed by atoms with Crippen LogP contribution in [0.5, 0.6) is 11.5 Å². The quantitative estimate of drug-likeness (QED) is 0.592. The van der Waals surface area contributed by atoms with Crippen LogP contribution in [0, 0.1) is 0 Å². The van der Waals surface area contributed by atoms with E-state index >= 15 is 0 Å². The molecule has 27 heavy (non-hydrogen) atoms. The number of hydrogen-bond acceptors (Lipinski definition) is 3. The summed E-state index contributed by atoms with van der Waals surface area (Å²) in [4.78, 5) is 12.7.